The lowest BCUT2D eigenvalue weighted by Crippen LogP contribution is -1.97. The highest BCUT2D eigenvalue weighted by Gasteiger charge is 2.19. The molecule has 10 aromatic carbocycles. The SMILES string of the molecule is c1ccc(-c2cc(-c3ccc(-n4c5ccccc5c5ccccc54)cc3)nc(-c3ccc(-c4ccc5nc(-c6ccccc6)c6cc7c(cc6c5c4)c4ccccc4n7-c4ccccc4)cc3)n2)cc1. The van der Waals surface area contributed by atoms with Gasteiger partial charge in [0.1, 0.15) is 0 Å². The van der Waals surface area contributed by atoms with Crippen LogP contribution in [0.1, 0.15) is 0 Å². The summed E-state index contributed by atoms with van der Waals surface area (Å²) in [7, 11) is 0. The van der Waals surface area contributed by atoms with Crippen LogP contribution in [0.5, 0.6) is 0 Å². The van der Waals surface area contributed by atoms with Gasteiger partial charge >= 0.3 is 0 Å². The lowest BCUT2D eigenvalue weighted by atomic mass is 9.95. The Balaban J connectivity index is 0.873. The van der Waals surface area contributed by atoms with Crippen molar-refractivity contribution < 1.29 is 0 Å². The Kier molecular flexibility index (Phi) is 9.14. The minimum absolute atomic E-state index is 0.676. The van der Waals surface area contributed by atoms with E-state index in [0.29, 0.717) is 5.82 Å². The second kappa shape index (κ2) is 16.1. The Morgan fingerprint density at radius 3 is 1.34 bits per heavy atom. The van der Waals surface area contributed by atoms with Crippen LogP contribution in [0.15, 0.2) is 249 Å². The molecule has 0 spiro atoms. The molecule has 4 aromatic heterocycles. The van der Waals surface area contributed by atoms with Crippen LogP contribution in [-0.4, -0.2) is 24.1 Å². The van der Waals surface area contributed by atoms with Gasteiger partial charge in [-0.25, -0.2) is 15.0 Å². The molecule has 0 aliphatic rings. The van der Waals surface area contributed by atoms with E-state index < -0.39 is 0 Å². The maximum Gasteiger partial charge on any atom is 0.160 e. The normalized spacial score (nSPS) is 11.7. The van der Waals surface area contributed by atoms with Gasteiger partial charge in [-0.3, -0.25) is 0 Å². The van der Waals surface area contributed by atoms with Gasteiger partial charge in [-0.05, 0) is 89.3 Å². The molecule has 0 N–H and O–H groups in total. The number of hydrogen-bond acceptors (Lipinski definition) is 3. The summed E-state index contributed by atoms with van der Waals surface area (Å²) in [5.41, 5.74) is 16.9. The average molecular weight is 892 g/mol. The molecule has 0 fully saturated rings. The minimum Gasteiger partial charge on any atom is -0.309 e. The predicted octanol–water partition coefficient (Wildman–Crippen LogP) is 16.7. The minimum atomic E-state index is 0.676. The second-order valence-corrected chi connectivity index (χ2v) is 18.0. The van der Waals surface area contributed by atoms with Gasteiger partial charge in [-0.1, -0.05) is 176 Å². The first-order valence-electron chi connectivity index (χ1n) is 23.8. The number of rotatable bonds is 7. The molecule has 326 valence electrons. The molecule has 0 radical (unpaired) electrons. The topological polar surface area (TPSA) is 48.5 Å². The zero-order chi connectivity index (χ0) is 46.1. The van der Waals surface area contributed by atoms with Crippen LogP contribution in [0.4, 0.5) is 0 Å². The number of aromatic nitrogens is 5. The van der Waals surface area contributed by atoms with E-state index >= 15 is 0 Å². The third kappa shape index (κ3) is 6.51. The Morgan fingerprint density at radius 2 is 0.714 bits per heavy atom. The van der Waals surface area contributed by atoms with E-state index in [4.69, 9.17) is 15.0 Å². The quantitative estimate of drug-likeness (QED) is 0.150. The maximum absolute atomic E-state index is 5.41. The van der Waals surface area contributed by atoms with Crippen molar-refractivity contribution in [2.45, 2.75) is 0 Å². The highest BCUT2D eigenvalue weighted by Crippen LogP contribution is 2.41. The molecule has 5 heteroatoms. The third-order valence-electron chi connectivity index (χ3n) is 13.9. The van der Waals surface area contributed by atoms with Gasteiger partial charge < -0.3 is 9.13 Å². The van der Waals surface area contributed by atoms with Gasteiger partial charge in [0.15, 0.2) is 5.82 Å². The summed E-state index contributed by atoms with van der Waals surface area (Å²) >= 11 is 0. The van der Waals surface area contributed by atoms with Crippen LogP contribution in [0.25, 0.3) is 133 Å². The molecule has 0 amide bonds. The largest absolute Gasteiger partial charge is 0.309 e. The van der Waals surface area contributed by atoms with Crippen molar-refractivity contribution in [3.05, 3.63) is 249 Å². The first-order valence-corrected chi connectivity index (χ1v) is 23.8. The Morgan fingerprint density at radius 1 is 0.243 bits per heavy atom. The monoisotopic (exact) mass is 891 g/mol. The number of nitrogens with zero attached hydrogens (tertiary/aromatic N) is 5. The fourth-order valence-corrected chi connectivity index (χ4v) is 10.6. The van der Waals surface area contributed by atoms with E-state index in [2.05, 4.69) is 252 Å². The molecular formula is C65H41N5. The smallest absolute Gasteiger partial charge is 0.160 e. The molecule has 0 unspecified atom stereocenters. The summed E-state index contributed by atoms with van der Waals surface area (Å²) in [6, 6.07) is 88.5. The van der Waals surface area contributed by atoms with Crippen molar-refractivity contribution >= 4 is 65.3 Å². The third-order valence-corrected chi connectivity index (χ3v) is 13.9. The van der Waals surface area contributed by atoms with Crippen molar-refractivity contribution in [2.75, 3.05) is 0 Å². The van der Waals surface area contributed by atoms with Gasteiger partial charge in [-0.2, -0.15) is 0 Å². The first kappa shape index (κ1) is 39.7. The van der Waals surface area contributed by atoms with Gasteiger partial charge in [0.05, 0.1) is 44.7 Å². The summed E-state index contributed by atoms with van der Waals surface area (Å²) in [4.78, 5) is 15.8. The predicted molar refractivity (Wildman–Crippen MR) is 291 cm³/mol. The Bertz CT molecular complexity index is 4250. The first-order chi connectivity index (χ1) is 34.7. The molecule has 0 atom stereocenters. The molecule has 14 aromatic rings. The lowest BCUT2D eigenvalue weighted by molar-refractivity contribution is 1.17. The summed E-state index contributed by atoms with van der Waals surface area (Å²) < 4.78 is 4.73. The van der Waals surface area contributed by atoms with E-state index in [1.165, 1.54) is 43.5 Å². The highest BCUT2D eigenvalue weighted by molar-refractivity contribution is 6.20. The Hall–Kier alpha value is -9.45. The molecule has 0 aliphatic heterocycles. The van der Waals surface area contributed by atoms with Gasteiger partial charge in [0.25, 0.3) is 0 Å². The summed E-state index contributed by atoms with van der Waals surface area (Å²) in [5, 5.41) is 8.33. The number of pyridine rings is 1. The van der Waals surface area contributed by atoms with Crippen LogP contribution in [-0.2, 0) is 0 Å². The van der Waals surface area contributed by atoms with Crippen LogP contribution < -0.4 is 0 Å². The van der Waals surface area contributed by atoms with Crippen molar-refractivity contribution in [3.8, 4) is 67.7 Å². The molecule has 14 rings (SSSR count). The maximum atomic E-state index is 5.41. The zero-order valence-corrected chi connectivity index (χ0v) is 37.9. The fraction of sp³-hybridized carbons (Fsp3) is 0. The van der Waals surface area contributed by atoms with E-state index in [-0.39, 0.29) is 0 Å². The van der Waals surface area contributed by atoms with Crippen molar-refractivity contribution in [3.63, 3.8) is 0 Å². The number of benzene rings is 10. The highest BCUT2D eigenvalue weighted by atomic mass is 15.0. The van der Waals surface area contributed by atoms with E-state index in [0.717, 1.165) is 83.6 Å². The van der Waals surface area contributed by atoms with Crippen LogP contribution in [0.3, 0.4) is 0 Å². The van der Waals surface area contributed by atoms with Crippen molar-refractivity contribution in [1.82, 2.24) is 24.1 Å². The number of para-hydroxylation sites is 4. The van der Waals surface area contributed by atoms with Crippen LogP contribution >= 0.6 is 0 Å². The number of hydrogen-bond donors (Lipinski definition) is 0. The molecule has 0 bridgehead atoms. The van der Waals surface area contributed by atoms with Crippen molar-refractivity contribution in [2.24, 2.45) is 0 Å². The van der Waals surface area contributed by atoms with Crippen LogP contribution in [0.2, 0.25) is 0 Å². The molecule has 0 aliphatic carbocycles. The molecule has 5 nitrogen and oxygen atoms in total. The molecule has 0 saturated heterocycles. The fourth-order valence-electron chi connectivity index (χ4n) is 10.6. The summed E-state index contributed by atoms with van der Waals surface area (Å²) in [6.45, 7) is 0. The Labute approximate surface area is 403 Å². The van der Waals surface area contributed by atoms with Gasteiger partial charge in [-0.15, -0.1) is 0 Å². The summed E-state index contributed by atoms with van der Waals surface area (Å²) in [6.07, 6.45) is 0. The van der Waals surface area contributed by atoms with Crippen molar-refractivity contribution in [1.29, 1.82) is 0 Å². The standard InChI is InChI=1S/C65H41N5/c1-4-16-43(17-5-1)58-41-59(44-32-35-49(36-33-44)69-60-25-13-10-22-50(60)51-23-11-14-26-61(51)69)68-65(67-58)46-30-28-42(29-31-46)47-34-37-57-54(38-47)53-39-55-52-24-12-15-27-62(52)70(48-20-8-3-9-21-48)63(55)40-56(53)64(66-57)45-18-6-2-7-19-45/h1-41H. The molecule has 70 heavy (non-hydrogen) atoms. The number of fused-ring (bicyclic) bond motifs is 9. The summed E-state index contributed by atoms with van der Waals surface area (Å²) in [5.74, 6) is 0.676. The van der Waals surface area contributed by atoms with E-state index in [1.807, 2.05) is 6.07 Å². The second-order valence-electron chi connectivity index (χ2n) is 18.0. The van der Waals surface area contributed by atoms with E-state index in [9.17, 15) is 0 Å². The van der Waals surface area contributed by atoms with Gasteiger partial charge in [0, 0.05) is 65.9 Å². The van der Waals surface area contributed by atoms with E-state index in [1.54, 1.807) is 0 Å². The molecule has 0 saturated carbocycles. The lowest BCUT2D eigenvalue weighted by Gasteiger charge is -2.14. The zero-order valence-electron chi connectivity index (χ0n) is 37.9. The van der Waals surface area contributed by atoms with Crippen LogP contribution in [0, 0.1) is 0 Å². The van der Waals surface area contributed by atoms with Gasteiger partial charge in [0.2, 0.25) is 0 Å². The average Bonchev–Trinajstić information content (AvgIpc) is 3.95. The molecule has 4 heterocycles. The molecular weight excluding hydrogens is 851 g/mol.